The van der Waals surface area contributed by atoms with Crippen molar-refractivity contribution >= 4 is 56.1 Å². The Hall–Kier alpha value is -4.58. The number of nitrogens with zero attached hydrogens (tertiary/aromatic N) is 4. The fraction of sp³-hybridized carbons (Fsp3) is 0.632. The maximum Gasteiger partial charge on any atom is 0.259 e. The van der Waals surface area contributed by atoms with E-state index in [1.165, 1.54) is 218 Å². The van der Waals surface area contributed by atoms with Crippen molar-refractivity contribution in [2.24, 2.45) is 0 Å². The highest BCUT2D eigenvalue weighted by Gasteiger charge is 2.19. The molecule has 7 aromatic rings. The molecule has 0 N–H and O–H groups in total. The first-order chi connectivity index (χ1) is 42.9. The number of hydrogen-bond donors (Lipinski definition) is 0. The molecule has 0 aliphatic carbocycles. The molecule has 7 rings (SSSR count). The summed E-state index contributed by atoms with van der Waals surface area (Å²) in [6.07, 6.45) is 50.7. The molecule has 87 heavy (non-hydrogen) atoms. The van der Waals surface area contributed by atoms with Crippen LogP contribution in [0.15, 0.2) is 82.4 Å². The molecule has 0 atom stereocenters. The normalized spacial score (nSPS) is 11.7. The Morgan fingerprint density at radius 3 is 0.862 bits per heavy atom. The molecule has 0 aliphatic heterocycles. The maximum atomic E-state index is 14.7. The van der Waals surface area contributed by atoms with Crippen molar-refractivity contribution in [1.82, 2.24) is 19.1 Å². The number of rotatable bonds is 50. The smallest absolute Gasteiger partial charge is 0.259 e. The van der Waals surface area contributed by atoms with Gasteiger partial charge < -0.3 is 18.6 Å². The molecule has 0 aromatic carbocycles. The summed E-state index contributed by atoms with van der Waals surface area (Å²) in [5, 5.41) is 0. The number of fused-ring (bicyclic) bond motifs is 2. The van der Waals surface area contributed by atoms with Gasteiger partial charge in [-0.1, -0.05) is 259 Å². The van der Waals surface area contributed by atoms with Gasteiger partial charge in [0, 0.05) is 54.5 Å². The summed E-state index contributed by atoms with van der Waals surface area (Å²) in [5.74, 6) is 1.26. The lowest BCUT2D eigenvalue weighted by Gasteiger charge is -2.13. The Morgan fingerprint density at radius 1 is 0.310 bits per heavy atom. The fourth-order valence-corrected chi connectivity index (χ4v) is 15.5. The molecule has 0 unspecified atom stereocenters. The number of ether oxygens (including phenoxy) is 2. The lowest BCUT2D eigenvalue weighted by atomic mass is 10.1. The van der Waals surface area contributed by atoms with Crippen molar-refractivity contribution in [1.29, 1.82) is 0 Å². The van der Waals surface area contributed by atoms with Gasteiger partial charge in [-0.05, 0) is 86.3 Å². The zero-order valence-electron chi connectivity index (χ0n) is 54.7. The van der Waals surface area contributed by atoms with Crippen LogP contribution in [-0.2, 0) is 13.1 Å². The third-order valence-electron chi connectivity index (χ3n) is 17.6. The molecule has 7 heterocycles. The second-order valence-electron chi connectivity index (χ2n) is 25.1. The zero-order chi connectivity index (χ0) is 60.9. The van der Waals surface area contributed by atoms with E-state index in [1.807, 2.05) is 33.4 Å². The number of thiophene rings is 3. The minimum absolute atomic E-state index is 0.0465. The largest absolute Gasteiger partial charge is 0.478 e. The maximum absolute atomic E-state index is 14.7. The summed E-state index contributed by atoms with van der Waals surface area (Å²) in [7, 11) is 0. The van der Waals surface area contributed by atoms with Crippen molar-refractivity contribution in [3.05, 3.63) is 93.5 Å². The summed E-state index contributed by atoms with van der Waals surface area (Å²) in [5.41, 5.74) is 4.85. The summed E-state index contributed by atoms with van der Waals surface area (Å²) in [6, 6.07) is 25.0. The van der Waals surface area contributed by atoms with Crippen molar-refractivity contribution in [2.45, 2.75) is 298 Å². The van der Waals surface area contributed by atoms with Crippen LogP contribution in [-0.4, -0.2) is 32.3 Å². The minimum Gasteiger partial charge on any atom is -0.478 e. The van der Waals surface area contributed by atoms with E-state index in [0.29, 0.717) is 49.2 Å². The van der Waals surface area contributed by atoms with Gasteiger partial charge in [0.2, 0.25) is 11.8 Å². The van der Waals surface area contributed by atoms with Gasteiger partial charge in [-0.3, -0.25) is 9.59 Å². The third kappa shape index (κ3) is 24.0. The number of aromatic nitrogens is 4. The topological polar surface area (TPSA) is 88.2 Å². The molecule has 0 spiro atoms. The Kier molecular flexibility index (Phi) is 33.5. The average molecular weight is 1240 g/mol. The number of unbranched alkanes of at least 4 members (excludes halogenated alkanes) is 36. The molecule has 0 fully saturated rings. The fourth-order valence-electron chi connectivity index (χ4n) is 12.3. The van der Waals surface area contributed by atoms with Crippen LogP contribution in [0.3, 0.4) is 0 Å². The quantitative estimate of drug-likeness (QED) is 0.0353. The van der Waals surface area contributed by atoms with Crippen LogP contribution in [0.2, 0.25) is 0 Å². The van der Waals surface area contributed by atoms with Crippen molar-refractivity contribution in [2.75, 3.05) is 13.2 Å². The minimum atomic E-state index is 0.0465. The van der Waals surface area contributed by atoms with Gasteiger partial charge in [-0.25, -0.2) is 9.97 Å². The Balaban J connectivity index is 1.04. The van der Waals surface area contributed by atoms with Crippen molar-refractivity contribution < 1.29 is 9.47 Å². The highest BCUT2D eigenvalue weighted by Crippen LogP contribution is 2.43. The lowest BCUT2D eigenvalue weighted by Crippen LogP contribution is -2.22. The van der Waals surface area contributed by atoms with Gasteiger partial charge in [0.05, 0.1) is 46.4 Å². The van der Waals surface area contributed by atoms with Crippen LogP contribution in [0.4, 0.5) is 0 Å². The van der Waals surface area contributed by atoms with E-state index in [0.717, 1.165) is 89.9 Å². The summed E-state index contributed by atoms with van der Waals surface area (Å²) in [6.45, 7) is 11.8. The summed E-state index contributed by atoms with van der Waals surface area (Å²) in [4.78, 5) is 45.9. The molecule has 0 aliphatic rings. The zero-order valence-corrected chi connectivity index (χ0v) is 57.1. The summed E-state index contributed by atoms with van der Waals surface area (Å²) < 4.78 is 16.5. The van der Waals surface area contributed by atoms with Crippen LogP contribution < -0.4 is 20.6 Å². The molecular weight excluding hydrogens is 1130 g/mol. The first kappa shape index (κ1) is 69.9. The Bertz CT molecular complexity index is 2910. The molecule has 0 amide bonds. The standard InChI is InChI=1S/C76H112N4O4S3/c1-5-9-13-17-21-25-29-33-37-41-55-79-65-45-53-73(83-57-43-39-35-31-27-23-19-15-11-7-3)77-63(65)59-61(75(79)81)67-47-49-69(85-67)71-51-52-72(87-71)70-50-48-68(86-70)62-60-64-66(80(76(62)82)56-42-38-34-30-26-22-18-14-10-6-2)46-54-74(78-64)84-58-44-40-36-32-28-24-20-16-12-8-4/h45-54,59-60H,5-44,55-58H2,1-4H3. The van der Waals surface area contributed by atoms with Crippen LogP contribution >= 0.6 is 34.0 Å². The van der Waals surface area contributed by atoms with Gasteiger partial charge in [-0.15, -0.1) is 34.0 Å². The molecule has 0 saturated heterocycles. The summed E-state index contributed by atoms with van der Waals surface area (Å²) >= 11 is 5.10. The average Bonchev–Trinajstić information content (AvgIpc) is 2.19. The predicted octanol–water partition coefficient (Wildman–Crippen LogP) is 24.4. The molecule has 0 bridgehead atoms. The SMILES string of the molecule is CCCCCCCCCCCCOc1ccc2c(cc(-c3ccc(-c4ccc(-c5ccc(-c6cc7nc(OCCCCCCCCCCCC)ccc7n(CCCCCCCCCCCC)c6=O)s5)s4)s3)c(=O)n2CCCCCCCCCCCC)n1. The van der Waals surface area contributed by atoms with E-state index in [-0.39, 0.29) is 11.1 Å². The Labute approximate surface area is 537 Å². The van der Waals surface area contributed by atoms with E-state index < -0.39 is 0 Å². The number of pyridine rings is 4. The number of hydrogen-bond acceptors (Lipinski definition) is 9. The van der Waals surface area contributed by atoms with Crippen LogP contribution in [0, 0.1) is 0 Å². The molecule has 0 radical (unpaired) electrons. The molecule has 7 aromatic heterocycles. The molecule has 11 heteroatoms. The second kappa shape index (κ2) is 41.7. The van der Waals surface area contributed by atoms with E-state index in [2.05, 4.69) is 76.2 Å². The van der Waals surface area contributed by atoms with E-state index in [9.17, 15) is 9.59 Å². The monoisotopic (exact) mass is 1240 g/mol. The molecule has 0 saturated carbocycles. The van der Waals surface area contributed by atoms with Crippen molar-refractivity contribution in [3.8, 4) is 52.1 Å². The van der Waals surface area contributed by atoms with Gasteiger partial charge in [0.1, 0.15) is 0 Å². The first-order valence-electron chi connectivity index (χ1n) is 35.6. The second-order valence-corrected chi connectivity index (χ2v) is 28.3. The van der Waals surface area contributed by atoms with Crippen molar-refractivity contribution in [3.63, 3.8) is 0 Å². The number of aryl methyl sites for hydroxylation is 2. The van der Waals surface area contributed by atoms with E-state index in [1.54, 1.807) is 34.0 Å². The van der Waals surface area contributed by atoms with Crippen LogP contribution in [0.1, 0.15) is 285 Å². The first-order valence-corrected chi connectivity index (χ1v) is 38.0. The van der Waals surface area contributed by atoms with Gasteiger partial charge >= 0.3 is 0 Å². The van der Waals surface area contributed by atoms with Gasteiger partial charge in [0.15, 0.2) is 0 Å². The van der Waals surface area contributed by atoms with Gasteiger partial charge in [0.25, 0.3) is 11.1 Å². The lowest BCUT2D eigenvalue weighted by molar-refractivity contribution is 0.294. The molecule has 8 nitrogen and oxygen atoms in total. The third-order valence-corrected chi connectivity index (χ3v) is 21.4. The highest BCUT2D eigenvalue weighted by atomic mass is 32.1. The van der Waals surface area contributed by atoms with Gasteiger partial charge in [-0.2, -0.15) is 0 Å². The molecule has 478 valence electrons. The predicted molar refractivity (Wildman–Crippen MR) is 379 cm³/mol. The van der Waals surface area contributed by atoms with Crippen LogP contribution in [0.25, 0.3) is 62.5 Å². The van der Waals surface area contributed by atoms with E-state index in [4.69, 9.17) is 19.4 Å². The van der Waals surface area contributed by atoms with E-state index >= 15 is 0 Å². The van der Waals surface area contributed by atoms with Crippen LogP contribution in [0.5, 0.6) is 11.8 Å². The Morgan fingerprint density at radius 2 is 0.563 bits per heavy atom. The molecular formula is C76H112N4O4S3. The highest BCUT2D eigenvalue weighted by molar-refractivity contribution is 7.27.